The van der Waals surface area contributed by atoms with Crippen molar-refractivity contribution in [3.05, 3.63) is 89.0 Å². The van der Waals surface area contributed by atoms with Crippen LogP contribution in [0.2, 0.25) is 0 Å². The van der Waals surface area contributed by atoms with Crippen LogP contribution in [0.4, 0.5) is 13.2 Å². The Kier molecular flexibility index (Phi) is 8.12. The lowest BCUT2D eigenvalue weighted by Crippen LogP contribution is -2.68. The van der Waals surface area contributed by atoms with Gasteiger partial charge < -0.3 is 5.32 Å². The van der Waals surface area contributed by atoms with E-state index in [-0.39, 0.29) is 31.1 Å². The molecular formula is C31H36F3N3O2S. The molecule has 9 heteroatoms. The van der Waals surface area contributed by atoms with E-state index in [0.717, 1.165) is 42.8 Å². The number of fused-ring (bicyclic) bond motifs is 1. The highest BCUT2D eigenvalue weighted by Gasteiger charge is 2.50. The van der Waals surface area contributed by atoms with Gasteiger partial charge in [-0.05, 0) is 80.2 Å². The van der Waals surface area contributed by atoms with Crippen molar-refractivity contribution in [2.24, 2.45) is 0 Å². The maximum atomic E-state index is 13.8. The van der Waals surface area contributed by atoms with Crippen LogP contribution in [-0.4, -0.2) is 62.9 Å². The van der Waals surface area contributed by atoms with Gasteiger partial charge in [0.15, 0.2) is 0 Å². The summed E-state index contributed by atoms with van der Waals surface area (Å²) in [6.45, 7) is 6.14. The van der Waals surface area contributed by atoms with Crippen LogP contribution >= 0.6 is 0 Å². The average Bonchev–Trinajstić information content (AvgIpc) is 2.91. The van der Waals surface area contributed by atoms with E-state index in [4.69, 9.17) is 0 Å². The van der Waals surface area contributed by atoms with E-state index in [0.29, 0.717) is 6.42 Å². The summed E-state index contributed by atoms with van der Waals surface area (Å²) in [4.78, 5) is 1.66. The number of sulfonamides is 1. The number of nitrogens with one attached hydrogen (secondary N) is 1. The Morgan fingerprint density at radius 1 is 0.925 bits per heavy atom. The van der Waals surface area contributed by atoms with E-state index in [1.165, 1.54) is 33.1 Å². The maximum Gasteiger partial charge on any atom is 0.417 e. The second-order valence-electron chi connectivity index (χ2n) is 10.9. The third-order valence-corrected chi connectivity index (χ3v) is 10.5. The Balaban J connectivity index is 1.47. The molecular weight excluding hydrogens is 535 g/mol. The van der Waals surface area contributed by atoms with Crippen molar-refractivity contribution in [1.29, 1.82) is 0 Å². The Morgan fingerprint density at radius 3 is 2.33 bits per heavy atom. The molecule has 3 aromatic rings. The summed E-state index contributed by atoms with van der Waals surface area (Å²) in [6.07, 6.45) is -3.38. The highest BCUT2D eigenvalue weighted by molar-refractivity contribution is 7.89. The molecule has 0 amide bonds. The summed E-state index contributed by atoms with van der Waals surface area (Å²) in [5.74, 6) is 0.0498. The van der Waals surface area contributed by atoms with Crippen LogP contribution < -0.4 is 5.32 Å². The fourth-order valence-corrected chi connectivity index (χ4v) is 8.08. The summed E-state index contributed by atoms with van der Waals surface area (Å²) in [7, 11) is -2.45. The summed E-state index contributed by atoms with van der Waals surface area (Å²) in [6, 6.07) is 19.3. The van der Waals surface area contributed by atoms with Crippen molar-refractivity contribution >= 4 is 10.0 Å². The summed E-state index contributed by atoms with van der Waals surface area (Å²) < 4.78 is 70.0. The molecule has 1 N–H and O–H groups in total. The molecule has 2 fully saturated rings. The van der Waals surface area contributed by atoms with E-state index >= 15 is 0 Å². The molecule has 0 radical (unpaired) electrons. The van der Waals surface area contributed by atoms with E-state index in [1.54, 1.807) is 0 Å². The van der Waals surface area contributed by atoms with Gasteiger partial charge in [-0.1, -0.05) is 54.6 Å². The largest absolute Gasteiger partial charge is 0.417 e. The molecule has 214 valence electrons. The number of hydrogen-bond acceptors (Lipinski definition) is 4. The van der Waals surface area contributed by atoms with Crippen LogP contribution in [0.15, 0.2) is 71.6 Å². The van der Waals surface area contributed by atoms with Crippen LogP contribution in [0.3, 0.4) is 0 Å². The van der Waals surface area contributed by atoms with Crippen molar-refractivity contribution < 1.29 is 21.6 Å². The SMILES string of the molecule is CNCC1[C@@H](c2ccc(-c3cccc(C)c3C)cc2)[C@@H]2CN(S(=O)(=O)c3ccccc3C(F)(F)F)CCCCN12. The first-order valence-corrected chi connectivity index (χ1v) is 15.2. The standard InChI is InChI=1S/C31H36F3N3O2S/c1-21-9-8-10-25(22(21)2)23-13-15-24(16-14-23)30-27(19-35-3)37-18-7-6-17-36(20-28(30)37)40(38,39)29-12-5-4-11-26(29)31(32,33)34/h4-5,8-16,27-28,30,35H,6-7,17-20H2,1-3H3/t27?,28-,30+/m0/s1. The quantitative estimate of drug-likeness (QED) is 0.405. The highest BCUT2D eigenvalue weighted by Crippen LogP contribution is 2.44. The zero-order valence-corrected chi connectivity index (χ0v) is 23.9. The molecule has 0 saturated carbocycles. The van der Waals surface area contributed by atoms with Crippen LogP contribution in [-0.2, 0) is 16.2 Å². The van der Waals surface area contributed by atoms with Crippen LogP contribution in [0, 0.1) is 13.8 Å². The lowest BCUT2D eigenvalue weighted by Gasteiger charge is -2.57. The van der Waals surface area contributed by atoms with E-state index < -0.39 is 26.7 Å². The number of nitrogens with zero attached hydrogens (tertiary/aromatic N) is 2. The summed E-state index contributed by atoms with van der Waals surface area (Å²) >= 11 is 0. The van der Waals surface area contributed by atoms with Gasteiger partial charge in [-0.15, -0.1) is 0 Å². The van der Waals surface area contributed by atoms with Crippen molar-refractivity contribution in [2.75, 3.05) is 33.2 Å². The monoisotopic (exact) mass is 571 g/mol. The van der Waals surface area contributed by atoms with E-state index in [1.807, 2.05) is 7.05 Å². The lowest BCUT2D eigenvalue weighted by molar-refractivity contribution is -0.139. The molecule has 2 aliphatic heterocycles. The number of aryl methyl sites for hydroxylation is 1. The van der Waals surface area contributed by atoms with E-state index in [2.05, 4.69) is 66.5 Å². The van der Waals surface area contributed by atoms with Gasteiger partial charge in [0.1, 0.15) is 0 Å². The van der Waals surface area contributed by atoms with Gasteiger partial charge in [-0.3, -0.25) is 4.90 Å². The first kappa shape index (κ1) is 28.8. The number of alkyl halides is 3. The first-order chi connectivity index (χ1) is 19.0. The smallest absolute Gasteiger partial charge is 0.318 e. The first-order valence-electron chi connectivity index (χ1n) is 13.8. The number of halogens is 3. The van der Waals surface area contributed by atoms with Crippen molar-refractivity contribution in [3.8, 4) is 11.1 Å². The van der Waals surface area contributed by atoms with E-state index in [9.17, 15) is 21.6 Å². The number of rotatable bonds is 6. The molecule has 0 bridgehead atoms. The number of hydrogen-bond donors (Lipinski definition) is 1. The topological polar surface area (TPSA) is 52.7 Å². The fraction of sp³-hybridized carbons (Fsp3) is 0.419. The van der Waals surface area contributed by atoms with Crippen LogP contribution in [0.1, 0.15) is 41.0 Å². The van der Waals surface area contributed by atoms with Gasteiger partial charge in [0.2, 0.25) is 10.0 Å². The number of likely N-dealkylation sites (N-methyl/N-ethyl adjacent to an activating group) is 1. The molecule has 0 spiro atoms. The molecule has 5 rings (SSSR count). The maximum absolute atomic E-state index is 13.8. The van der Waals surface area contributed by atoms with Crippen molar-refractivity contribution in [3.63, 3.8) is 0 Å². The minimum Gasteiger partial charge on any atom is -0.318 e. The lowest BCUT2D eigenvalue weighted by atomic mass is 9.74. The normalized spacial score (nSPS) is 22.7. The third-order valence-electron chi connectivity index (χ3n) is 8.58. The fourth-order valence-electron chi connectivity index (χ4n) is 6.38. The number of benzene rings is 3. The van der Waals surface area contributed by atoms with Gasteiger partial charge in [0, 0.05) is 37.6 Å². The Morgan fingerprint density at radius 2 is 1.62 bits per heavy atom. The molecule has 0 aliphatic carbocycles. The van der Waals surface area contributed by atoms with Crippen LogP contribution in [0.25, 0.3) is 11.1 Å². The van der Waals surface area contributed by atoms with Gasteiger partial charge in [0.25, 0.3) is 0 Å². The van der Waals surface area contributed by atoms with Gasteiger partial charge in [0.05, 0.1) is 10.5 Å². The van der Waals surface area contributed by atoms with Crippen molar-refractivity contribution in [1.82, 2.24) is 14.5 Å². The molecule has 1 unspecified atom stereocenters. The molecule has 2 heterocycles. The molecule has 40 heavy (non-hydrogen) atoms. The Labute approximate surface area is 235 Å². The predicted octanol–water partition coefficient (Wildman–Crippen LogP) is 5.83. The second-order valence-corrected chi connectivity index (χ2v) is 12.8. The Bertz CT molecular complexity index is 1460. The van der Waals surface area contributed by atoms with Gasteiger partial charge in [-0.25, -0.2) is 8.42 Å². The average molecular weight is 572 g/mol. The molecule has 2 saturated heterocycles. The van der Waals surface area contributed by atoms with Gasteiger partial charge in [-0.2, -0.15) is 17.5 Å². The summed E-state index contributed by atoms with van der Waals surface area (Å²) in [5.41, 5.74) is 4.77. The molecule has 3 aromatic carbocycles. The third kappa shape index (κ3) is 5.32. The minimum absolute atomic E-state index is 0.0498. The zero-order valence-electron chi connectivity index (χ0n) is 23.1. The molecule has 2 aliphatic rings. The Hall–Kier alpha value is -2.72. The molecule has 5 nitrogen and oxygen atoms in total. The van der Waals surface area contributed by atoms with Crippen LogP contribution in [0.5, 0.6) is 0 Å². The highest BCUT2D eigenvalue weighted by atomic mass is 32.2. The molecule has 0 aromatic heterocycles. The zero-order chi connectivity index (χ0) is 28.7. The minimum atomic E-state index is -4.76. The van der Waals surface area contributed by atoms with Gasteiger partial charge >= 0.3 is 6.18 Å². The molecule has 3 atom stereocenters. The second kappa shape index (κ2) is 11.3. The summed E-state index contributed by atoms with van der Waals surface area (Å²) in [5, 5.41) is 3.28. The predicted molar refractivity (Wildman–Crippen MR) is 152 cm³/mol. The van der Waals surface area contributed by atoms with Crippen molar-refractivity contribution in [2.45, 2.75) is 55.8 Å².